The number of carbonyl (C=O) groups is 1. The smallest absolute Gasteiger partial charge is 0.254 e. The highest BCUT2D eigenvalue weighted by atomic mass is 79.9. The number of nitrogens with one attached hydrogen (secondary N) is 1. The number of methoxy groups -OCH3 is 1. The number of hydrogen-bond donors (Lipinski definition) is 1. The molecule has 4 nitrogen and oxygen atoms in total. The molecule has 0 radical (unpaired) electrons. The Morgan fingerprint density at radius 1 is 1.27 bits per heavy atom. The molecular weight excluding hydrogens is 399 g/mol. The Bertz CT molecular complexity index is 778. The summed E-state index contributed by atoms with van der Waals surface area (Å²) in [5.41, 5.74) is 1.09. The average Bonchev–Trinajstić information content (AvgIpc) is 3.16. The molecule has 0 unspecified atom stereocenters. The van der Waals surface area contributed by atoms with Gasteiger partial charge in [0.25, 0.3) is 5.91 Å². The molecule has 1 heterocycles. The van der Waals surface area contributed by atoms with Gasteiger partial charge in [-0.15, -0.1) is 0 Å². The maximum atomic E-state index is 14.0. The second-order valence-electron chi connectivity index (χ2n) is 6.34. The van der Waals surface area contributed by atoms with E-state index in [0.717, 1.165) is 37.2 Å². The molecule has 1 saturated heterocycles. The third kappa shape index (κ3) is 4.24. The van der Waals surface area contributed by atoms with E-state index in [4.69, 9.17) is 4.74 Å². The van der Waals surface area contributed by atoms with Gasteiger partial charge in [-0.1, -0.05) is 34.1 Å². The minimum absolute atomic E-state index is 0.00360. The van der Waals surface area contributed by atoms with Crippen LogP contribution < -0.4 is 10.1 Å². The van der Waals surface area contributed by atoms with Gasteiger partial charge < -0.3 is 10.1 Å². The fourth-order valence-electron chi connectivity index (χ4n) is 3.39. The predicted octanol–water partition coefficient (Wildman–Crippen LogP) is 4.16. The van der Waals surface area contributed by atoms with Gasteiger partial charge in [-0.05, 0) is 50.2 Å². The molecule has 0 aliphatic carbocycles. The van der Waals surface area contributed by atoms with Gasteiger partial charge >= 0.3 is 0 Å². The average molecular weight is 421 g/mol. The summed E-state index contributed by atoms with van der Waals surface area (Å²) in [7, 11) is 1.65. The molecule has 1 fully saturated rings. The van der Waals surface area contributed by atoms with E-state index in [2.05, 4.69) is 26.1 Å². The third-order valence-corrected chi connectivity index (χ3v) is 5.20. The standard InChI is InChI=1S/C20H22BrFN2O2/c1-26-19-7-3-2-6-16(19)18(24-10-4-5-11-24)13-23-20(25)15-9-8-14(21)12-17(15)22/h2-3,6-9,12,18H,4-5,10-11,13H2,1H3,(H,23,25)/t18-/m0/s1. The molecule has 138 valence electrons. The van der Waals surface area contributed by atoms with Crippen LogP contribution in [0.1, 0.15) is 34.8 Å². The van der Waals surface area contributed by atoms with Gasteiger partial charge in [-0.2, -0.15) is 0 Å². The number of likely N-dealkylation sites (tertiary alicyclic amines) is 1. The Labute approximate surface area is 161 Å². The lowest BCUT2D eigenvalue weighted by Gasteiger charge is -2.29. The number of para-hydroxylation sites is 1. The first-order valence-electron chi connectivity index (χ1n) is 8.70. The minimum atomic E-state index is -0.535. The van der Waals surface area contributed by atoms with Gasteiger partial charge in [0.1, 0.15) is 11.6 Å². The number of carbonyl (C=O) groups excluding carboxylic acids is 1. The quantitative estimate of drug-likeness (QED) is 0.762. The molecule has 1 amide bonds. The van der Waals surface area contributed by atoms with E-state index >= 15 is 0 Å². The number of rotatable bonds is 6. The molecule has 0 aromatic heterocycles. The van der Waals surface area contributed by atoms with Gasteiger partial charge in [0.2, 0.25) is 0 Å². The van der Waals surface area contributed by atoms with Crippen LogP contribution in [0.4, 0.5) is 4.39 Å². The fraction of sp³-hybridized carbons (Fsp3) is 0.350. The summed E-state index contributed by atoms with van der Waals surface area (Å²) in [6.07, 6.45) is 2.28. The Balaban J connectivity index is 1.79. The molecule has 2 aromatic rings. The zero-order valence-electron chi connectivity index (χ0n) is 14.7. The number of nitrogens with zero attached hydrogens (tertiary/aromatic N) is 1. The molecule has 3 rings (SSSR count). The SMILES string of the molecule is COc1ccccc1[C@H](CNC(=O)c1ccc(Br)cc1F)N1CCCC1. The summed E-state index contributed by atoms with van der Waals surface area (Å²) in [5, 5.41) is 2.89. The highest BCUT2D eigenvalue weighted by molar-refractivity contribution is 9.10. The summed E-state index contributed by atoms with van der Waals surface area (Å²) in [6, 6.07) is 12.3. The van der Waals surface area contributed by atoms with E-state index in [1.807, 2.05) is 24.3 Å². The van der Waals surface area contributed by atoms with Crippen LogP contribution in [0.25, 0.3) is 0 Å². The fourth-order valence-corrected chi connectivity index (χ4v) is 3.72. The molecule has 6 heteroatoms. The van der Waals surface area contributed by atoms with E-state index in [9.17, 15) is 9.18 Å². The number of amides is 1. The zero-order chi connectivity index (χ0) is 18.5. The molecule has 1 aliphatic rings. The van der Waals surface area contributed by atoms with Crippen molar-refractivity contribution in [1.29, 1.82) is 0 Å². The lowest BCUT2D eigenvalue weighted by atomic mass is 10.0. The molecule has 0 spiro atoms. The summed E-state index contributed by atoms with van der Waals surface area (Å²) in [4.78, 5) is 14.8. The van der Waals surface area contributed by atoms with Crippen molar-refractivity contribution in [2.45, 2.75) is 18.9 Å². The van der Waals surface area contributed by atoms with Crippen molar-refractivity contribution in [2.24, 2.45) is 0 Å². The lowest BCUT2D eigenvalue weighted by molar-refractivity contribution is 0.0933. The number of ether oxygens (including phenoxy) is 1. The van der Waals surface area contributed by atoms with Crippen molar-refractivity contribution < 1.29 is 13.9 Å². The lowest BCUT2D eigenvalue weighted by Crippen LogP contribution is -2.37. The van der Waals surface area contributed by atoms with Gasteiger partial charge in [-0.25, -0.2) is 4.39 Å². The first-order chi connectivity index (χ1) is 12.6. The Morgan fingerprint density at radius 2 is 2.00 bits per heavy atom. The topological polar surface area (TPSA) is 41.6 Å². The normalized spacial score (nSPS) is 15.7. The van der Waals surface area contributed by atoms with Crippen molar-refractivity contribution in [3.63, 3.8) is 0 Å². The largest absolute Gasteiger partial charge is 0.496 e. The number of benzene rings is 2. The van der Waals surface area contributed by atoms with Crippen molar-refractivity contribution >= 4 is 21.8 Å². The van der Waals surface area contributed by atoms with Crippen molar-refractivity contribution in [2.75, 3.05) is 26.7 Å². The van der Waals surface area contributed by atoms with E-state index in [0.29, 0.717) is 11.0 Å². The highest BCUT2D eigenvalue weighted by Gasteiger charge is 2.26. The number of hydrogen-bond acceptors (Lipinski definition) is 3. The van der Waals surface area contributed by atoms with Crippen LogP contribution >= 0.6 is 15.9 Å². The zero-order valence-corrected chi connectivity index (χ0v) is 16.3. The highest BCUT2D eigenvalue weighted by Crippen LogP contribution is 2.31. The van der Waals surface area contributed by atoms with Crippen molar-refractivity contribution in [3.05, 3.63) is 63.9 Å². The summed E-state index contributed by atoms with van der Waals surface area (Å²) >= 11 is 3.21. The Kier molecular flexibility index (Phi) is 6.27. The molecule has 2 aromatic carbocycles. The molecule has 0 saturated carbocycles. The van der Waals surface area contributed by atoms with Gasteiger partial charge in [-0.3, -0.25) is 9.69 Å². The second-order valence-corrected chi connectivity index (χ2v) is 7.25. The van der Waals surface area contributed by atoms with E-state index in [1.165, 1.54) is 12.1 Å². The van der Waals surface area contributed by atoms with Crippen molar-refractivity contribution in [1.82, 2.24) is 10.2 Å². The Morgan fingerprint density at radius 3 is 2.69 bits per heavy atom. The molecule has 1 N–H and O–H groups in total. The van der Waals surface area contributed by atoms with Crippen LogP contribution in [0.3, 0.4) is 0 Å². The monoisotopic (exact) mass is 420 g/mol. The van der Waals surface area contributed by atoms with Crippen molar-refractivity contribution in [3.8, 4) is 5.75 Å². The van der Waals surface area contributed by atoms with Gasteiger partial charge in [0.15, 0.2) is 0 Å². The summed E-state index contributed by atoms with van der Waals surface area (Å²) in [6.45, 7) is 2.35. The van der Waals surface area contributed by atoms with Gasteiger partial charge in [0, 0.05) is 16.6 Å². The van der Waals surface area contributed by atoms with Crippen LogP contribution in [0.2, 0.25) is 0 Å². The van der Waals surface area contributed by atoms with Crippen LogP contribution in [0.15, 0.2) is 46.9 Å². The third-order valence-electron chi connectivity index (χ3n) is 4.71. The molecule has 1 aliphatic heterocycles. The predicted molar refractivity (Wildman–Crippen MR) is 103 cm³/mol. The molecule has 0 bridgehead atoms. The minimum Gasteiger partial charge on any atom is -0.496 e. The first-order valence-corrected chi connectivity index (χ1v) is 9.49. The van der Waals surface area contributed by atoms with Crippen LogP contribution in [0, 0.1) is 5.82 Å². The maximum Gasteiger partial charge on any atom is 0.254 e. The maximum absolute atomic E-state index is 14.0. The summed E-state index contributed by atoms with van der Waals surface area (Å²) < 4.78 is 20.2. The van der Waals surface area contributed by atoms with Gasteiger partial charge in [0.05, 0.1) is 18.7 Å². The molecule has 26 heavy (non-hydrogen) atoms. The first kappa shape index (κ1) is 18.9. The second kappa shape index (κ2) is 8.64. The molecular formula is C20H22BrFN2O2. The van der Waals surface area contributed by atoms with E-state index < -0.39 is 11.7 Å². The molecule has 1 atom stereocenters. The van der Waals surface area contributed by atoms with E-state index in [-0.39, 0.29) is 11.6 Å². The number of halogens is 2. The summed E-state index contributed by atoms with van der Waals surface area (Å²) in [5.74, 6) is -0.144. The van der Waals surface area contributed by atoms with Crippen LogP contribution in [0.5, 0.6) is 5.75 Å². The van der Waals surface area contributed by atoms with E-state index in [1.54, 1.807) is 13.2 Å². The van der Waals surface area contributed by atoms with Crippen LogP contribution in [-0.2, 0) is 0 Å². The Hall–Kier alpha value is -1.92. The van der Waals surface area contributed by atoms with Crippen LogP contribution in [-0.4, -0.2) is 37.6 Å².